The normalized spacial score (nSPS) is 11.8. The van der Waals surface area contributed by atoms with Crippen molar-refractivity contribution < 1.29 is 4.74 Å². The first-order chi connectivity index (χ1) is 10.2. The van der Waals surface area contributed by atoms with E-state index in [1.165, 1.54) is 11.1 Å². The van der Waals surface area contributed by atoms with Crippen molar-refractivity contribution in [1.29, 1.82) is 0 Å². The molecule has 0 aliphatic heterocycles. The second-order valence-corrected chi connectivity index (χ2v) is 5.11. The zero-order valence-electron chi connectivity index (χ0n) is 13.6. The molecule has 21 heavy (non-hydrogen) atoms. The van der Waals surface area contributed by atoms with Gasteiger partial charge in [0.25, 0.3) is 0 Å². The maximum atomic E-state index is 5.29. The van der Waals surface area contributed by atoms with Gasteiger partial charge < -0.3 is 20.3 Å². The second-order valence-electron chi connectivity index (χ2n) is 5.11. The topological polar surface area (TPSA) is 48.9 Å². The van der Waals surface area contributed by atoms with Crippen LogP contribution in [0.15, 0.2) is 29.3 Å². The number of ether oxygens (including phenoxy) is 1. The molecule has 2 N–H and O–H groups in total. The van der Waals surface area contributed by atoms with E-state index >= 15 is 0 Å². The molecule has 0 saturated heterocycles. The van der Waals surface area contributed by atoms with Gasteiger partial charge in [-0.2, -0.15) is 0 Å². The van der Waals surface area contributed by atoms with Gasteiger partial charge in [-0.3, -0.25) is 4.99 Å². The van der Waals surface area contributed by atoms with Crippen molar-refractivity contribution in [2.75, 3.05) is 40.9 Å². The third-order valence-electron chi connectivity index (χ3n) is 2.92. The molecule has 0 aliphatic carbocycles. The number of nitrogens with one attached hydrogen (secondary N) is 2. The van der Waals surface area contributed by atoms with Crippen molar-refractivity contribution in [1.82, 2.24) is 15.5 Å². The van der Waals surface area contributed by atoms with Crippen LogP contribution in [0, 0.1) is 0 Å². The molecule has 1 aromatic rings. The van der Waals surface area contributed by atoms with Gasteiger partial charge in [0.15, 0.2) is 5.96 Å². The number of benzene rings is 1. The molecule has 0 aromatic heterocycles. The van der Waals surface area contributed by atoms with Crippen molar-refractivity contribution in [2.24, 2.45) is 4.99 Å². The third-order valence-corrected chi connectivity index (χ3v) is 2.92. The van der Waals surface area contributed by atoms with E-state index < -0.39 is 0 Å². The quantitative estimate of drug-likeness (QED) is 0.432. The Morgan fingerprint density at radius 1 is 1.24 bits per heavy atom. The lowest BCUT2D eigenvalue weighted by Crippen LogP contribution is -2.38. The van der Waals surface area contributed by atoms with E-state index in [2.05, 4.69) is 58.9 Å². The van der Waals surface area contributed by atoms with Crippen LogP contribution in [0.2, 0.25) is 0 Å². The van der Waals surface area contributed by atoms with Gasteiger partial charge in [0.1, 0.15) is 0 Å². The molecule has 5 nitrogen and oxygen atoms in total. The van der Waals surface area contributed by atoms with E-state index in [1.807, 2.05) is 6.92 Å². The fraction of sp³-hybridized carbons (Fsp3) is 0.562. The van der Waals surface area contributed by atoms with E-state index in [4.69, 9.17) is 4.74 Å². The Morgan fingerprint density at radius 3 is 2.67 bits per heavy atom. The summed E-state index contributed by atoms with van der Waals surface area (Å²) in [6.45, 7) is 5.90. The molecule has 0 aliphatic rings. The molecule has 0 spiro atoms. The van der Waals surface area contributed by atoms with Gasteiger partial charge in [0.2, 0.25) is 0 Å². The van der Waals surface area contributed by atoms with Gasteiger partial charge in [-0.15, -0.1) is 0 Å². The lowest BCUT2D eigenvalue weighted by molar-refractivity contribution is 0.152. The van der Waals surface area contributed by atoms with Gasteiger partial charge in [0.05, 0.1) is 6.61 Å². The summed E-state index contributed by atoms with van der Waals surface area (Å²) in [5, 5.41) is 6.54. The zero-order chi connectivity index (χ0) is 15.5. The minimum atomic E-state index is 0.690. The zero-order valence-corrected chi connectivity index (χ0v) is 13.6. The molecular formula is C16H28N4O. The van der Waals surface area contributed by atoms with E-state index in [-0.39, 0.29) is 0 Å². The van der Waals surface area contributed by atoms with Crippen molar-refractivity contribution >= 4 is 5.96 Å². The fourth-order valence-electron chi connectivity index (χ4n) is 2.00. The van der Waals surface area contributed by atoms with Crippen LogP contribution < -0.4 is 10.6 Å². The first-order valence-corrected chi connectivity index (χ1v) is 7.40. The molecule has 0 saturated carbocycles. The van der Waals surface area contributed by atoms with Crippen molar-refractivity contribution in [3.05, 3.63) is 35.4 Å². The van der Waals surface area contributed by atoms with Gasteiger partial charge in [-0.05, 0) is 32.1 Å². The van der Waals surface area contributed by atoms with Gasteiger partial charge >= 0.3 is 0 Å². The van der Waals surface area contributed by atoms with Crippen LogP contribution in [-0.4, -0.2) is 51.8 Å². The summed E-state index contributed by atoms with van der Waals surface area (Å²) < 4.78 is 5.29. The van der Waals surface area contributed by atoms with E-state index in [0.717, 1.165) is 32.2 Å². The van der Waals surface area contributed by atoms with E-state index in [1.54, 1.807) is 7.05 Å². The number of rotatable bonds is 8. The summed E-state index contributed by atoms with van der Waals surface area (Å²) in [6.07, 6.45) is 0. The minimum absolute atomic E-state index is 0.690. The molecule has 1 rings (SSSR count). The minimum Gasteiger partial charge on any atom is -0.380 e. The molecular weight excluding hydrogens is 264 g/mol. The average Bonchev–Trinajstić information content (AvgIpc) is 2.46. The molecule has 5 heteroatoms. The van der Waals surface area contributed by atoms with Gasteiger partial charge in [0, 0.05) is 33.3 Å². The molecule has 0 heterocycles. The predicted octanol–water partition coefficient (Wildman–Crippen LogP) is 1.45. The monoisotopic (exact) mass is 292 g/mol. The van der Waals surface area contributed by atoms with Crippen LogP contribution in [-0.2, 0) is 17.8 Å². The predicted molar refractivity (Wildman–Crippen MR) is 88.5 cm³/mol. The average molecular weight is 292 g/mol. The Labute approximate surface area is 128 Å². The number of nitrogens with zero attached hydrogens (tertiary/aromatic N) is 2. The molecule has 0 bridgehead atoms. The summed E-state index contributed by atoms with van der Waals surface area (Å²) in [6, 6.07) is 8.60. The molecule has 118 valence electrons. The SMILES string of the molecule is CCOCCNC(=NC)NCc1cccc(CN(C)C)c1. The number of aliphatic imine (C=N–C) groups is 1. The third kappa shape index (κ3) is 7.68. The van der Waals surface area contributed by atoms with Crippen molar-refractivity contribution in [3.63, 3.8) is 0 Å². The van der Waals surface area contributed by atoms with Gasteiger partial charge in [-0.1, -0.05) is 24.3 Å². The highest BCUT2D eigenvalue weighted by atomic mass is 16.5. The highest BCUT2D eigenvalue weighted by molar-refractivity contribution is 5.79. The Bertz CT molecular complexity index is 432. The molecule has 0 atom stereocenters. The summed E-state index contributed by atoms with van der Waals surface area (Å²) in [7, 11) is 5.93. The maximum Gasteiger partial charge on any atom is 0.191 e. The molecule has 1 aromatic carbocycles. The summed E-state index contributed by atoms with van der Waals surface area (Å²) >= 11 is 0. The summed E-state index contributed by atoms with van der Waals surface area (Å²) in [5.41, 5.74) is 2.57. The Kier molecular flexibility index (Phi) is 8.47. The molecule has 0 unspecified atom stereocenters. The lowest BCUT2D eigenvalue weighted by Gasteiger charge is -2.13. The summed E-state index contributed by atoms with van der Waals surface area (Å²) in [4.78, 5) is 6.37. The van der Waals surface area contributed by atoms with E-state index in [0.29, 0.717) is 6.61 Å². The van der Waals surface area contributed by atoms with Crippen molar-refractivity contribution in [3.8, 4) is 0 Å². The number of guanidine groups is 1. The highest BCUT2D eigenvalue weighted by Crippen LogP contribution is 2.06. The van der Waals surface area contributed by atoms with Crippen LogP contribution in [0.25, 0.3) is 0 Å². The van der Waals surface area contributed by atoms with Crippen LogP contribution in [0.1, 0.15) is 18.1 Å². The van der Waals surface area contributed by atoms with Crippen LogP contribution >= 0.6 is 0 Å². The number of hydrogen-bond donors (Lipinski definition) is 2. The van der Waals surface area contributed by atoms with E-state index in [9.17, 15) is 0 Å². The van der Waals surface area contributed by atoms with Crippen LogP contribution in [0.4, 0.5) is 0 Å². The fourth-order valence-corrected chi connectivity index (χ4v) is 2.00. The molecule has 0 fully saturated rings. The van der Waals surface area contributed by atoms with Gasteiger partial charge in [-0.25, -0.2) is 0 Å². The summed E-state index contributed by atoms with van der Waals surface area (Å²) in [5.74, 6) is 0.799. The van der Waals surface area contributed by atoms with Crippen LogP contribution in [0.3, 0.4) is 0 Å². The Morgan fingerprint density at radius 2 is 2.00 bits per heavy atom. The Hall–Kier alpha value is -1.59. The lowest BCUT2D eigenvalue weighted by atomic mass is 10.1. The van der Waals surface area contributed by atoms with Crippen LogP contribution in [0.5, 0.6) is 0 Å². The standard InChI is InChI=1S/C16H28N4O/c1-5-21-10-9-18-16(17-2)19-12-14-7-6-8-15(11-14)13-20(3)4/h6-8,11H,5,9-10,12-13H2,1-4H3,(H2,17,18,19). The van der Waals surface area contributed by atoms with Crippen molar-refractivity contribution in [2.45, 2.75) is 20.0 Å². The molecule has 0 radical (unpaired) electrons. The smallest absolute Gasteiger partial charge is 0.191 e. The highest BCUT2D eigenvalue weighted by Gasteiger charge is 2.00. The second kappa shape index (κ2) is 10.2. The first kappa shape index (κ1) is 17.5. The largest absolute Gasteiger partial charge is 0.380 e. The number of hydrogen-bond acceptors (Lipinski definition) is 3. The first-order valence-electron chi connectivity index (χ1n) is 7.40. The Balaban J connectivity index is 2.42. The maximum absolute atomic E-state index is 5.29. The molecule has 0 amide bonds.